The van der Waals surface area contributed by atoms with Crippen molar-refractivity contribution in [3.63, 3.8) is 0 Å². The standard InChI is InChI=1S/C27H44O9/c1-23(2,34)19(30)12-20(31)26(5,35)18-7-9-27(36)14-10-16(28)15-11-17(29)21(32)22(33)25(15,4)13(14)6-8-24(18,27)3/h10,13,15,17-22,29-36H,6-9,11-12H2,1-5H3/t13-,15-,17+,18-,19?,20+,21+,22+,24+,25+,26+,27+/m0/s1. The Balaban J connectivity index is 1.69. The summed E-state index contributed by atoms with van der Waals surface area (Å²) < 4.78 is 0. The maximum atomic E-state index is 13.3. The molecule has 12 atom stereocenters. The van der Waals surface area contributed by atoms with Crippen LogP contribution in [0.2, 0.25) is 0 Å². The molecule has 9 nitrogen and oxygen atoms in total. The first-order valence-corrected chi connectivity index (χ1v) is 13.2. The van der Waals surface area contributed by atoms with E-state index in [0.717, 1.165) is 0 Å². The maximum Gasteiger partial charge on any atom is 0.159 e. The average Bonchev–Trinajstić information content (AvgIpc) is 3.06. The minimum atomic E-state index is -1.70. The van der Waals surface area contributed by atoms with Gasteiger partial charge in [0.05, 0.1) is 41.2 Å². The van der Waals surface area contributed by atoms with Crippen LogP contribution >= 0.6 is 0 Å². The summed E-state index contributed by atoms with van der Waals surface area (Å²) in [6, 6.07) is 0. The Labute approximate surface area is 212 Å². The van der Waals surface area contributed by atoms with Crippen molar-refractivity contribution in [2.24, 2.45) is 28.6 Å². The molecule has 4 aliphatic carbocycles. The zero-order valence-electron chi connectivity index (χ0n) is 21.9. The third kappa shape index (κ3) is 3.69. The van der Waals surface area contributed by atoms with Crippen molar-refractivity contribution >= 4 is 5.78 Å². The SMILES string of the molecule is CC(C)(O)C(O)C[C@@H](O)[C@](C)(O)[C@H]1CC[C@@]2(O)C3=CC(=O)[C@@H]4C[C@@H](O)[C@@H](O)[C@@H](O)[C@]4(C)[C@H]3CC[C@]12C. The second-order valence-corrected chi connectivity index (χ2v) is 13.3. The molecule has 206 valence electrons. The number of carbonyl (C=O) groups is 1. The molecule has 0 radical (unpaired) electrons. The van der Waals surface area contributed by atoms with Gasteiger partial charge in [0.15, 0.2) is 5.78 Å². The van der Waals surface area contributed by atoms with Crippen LogP contribution in [-0.4, -0.2) is 94.0 Å². The largest absolute Gasteiger partial charge is 0.390 e. The van der Waals surface area contributed by atoms with Gasteiger partial charge in [0.1, 0.15) is 6.10 Å². The van der Waals surface area contributed by atoms with Gasteiger partial charge in [-0.1, -0.05) is 13.8 Å². The molecule has 1 unspecified atom stereocenters. The highest BCUT2D eigenvalue weighted by molar-refractivity contribution is 5.95. The molecule has 0 aliphatic heterocycles. The second-order valence-electron chi connectivity index (χ2n) is 13.3. The van der Waals surface area contributed by atoms with E-state index in [4.69, 9.17) is 0 Å². The lowest BCUT2D eigenvalue weighted by molar-refractivity contribution is -0.206. The summed E-state index contributed by atoms with van der Waals surface area (Å²) in [6.07, 6.45) is -3.83. The molecule has 0 spiro atoms. The quantitative estimate of drug-likeness (QED) is 0.247. The molecule has 3 saturated carbocycles. The van der Waals surface area contributed by atoms with Crippen LogP contribution < -0.4 is 0 Å². The van der Waals surface area contributed by atoms with Crippen LogP contribution in [0.25, 0.3) is 0 Å². The van der Waals surface area contributed by atoms with Gasteiger partial charge in [-0.05, 0) is 76.4 Å². The number of ketones is 1. The Hall–Kier alpha value is -0.910. The lowest BCUT2D eigenvalue weighted by atomic mass is 9.45. The van der Waals surface area contributed by atoms with Crippen LogP contribution in [-0.2, 0) is 4.79 Å². The number of aliphatic hydroxyl groups is 8. The van der Waals surface area contributed by atoms with Crippen LogP contribution in [0.4, 0.5) is 0 Å². The van der Waals surface area contributed by atoms with Crippen LogP contribution in [0, 0.1) is 28.6 Å². The van der Waals surface area contributed by atoms with Crippen LogP contribution in [0.15, 0.2) is 11.6 Å². The molecule has 0 saturated heterocycles. The van der Waals surface area contributed by atoms with E-state index in [0.29, 0.717) is 24.8 Å². The van der Waals surface area contributed by atoms with E-state index in [1.165, 1.54) is 26.8 Å². The van der Waals surface area contributed by atoms with E-state index in [-0.39, 0.29) is 25.0 Å². The topological polar surface area (TPSA) is 179 Å². The van der Waals surface area contributed by atoms with E-state index >= 15 is 0 Å². The molecule has 8 N–H and O–H groups in total. The summed E-state index contributed by atoms with van der Waals surface area (Å²) in [5, 5.41) is 86.9. The van der Waals surface area contributed by atoms with Crippen molar-refractivity contribution in [2.75, 3.05) is 0 Å². The van der Waals surface area contributed by atoms with Crippen molar-refractivity contribution in [3.8, 4) is 0 Å². The first kappa shape index (κ1) is 28.1. The maximum absolute atomic E-state index is 13.3. The Morgan fingerprint density at radius 1 is 1.00 bits per heavy atom. The summed E-state index contributed by atoms with van der Waals surface area (Å²) in [7, 11) is 0. The summed E-state index contributed by atoms with van der Waals surface area (Å²) >= 11 is 0. The van der Waals surface area contributed by atoms with Crippen LogP contribution in [0.5, 0.6) is 0 Å². The Morgan fingerprint density at radius 2 is 1.61 bits per heavy atom. The molecule has 0 aromatic rings. The molecular formula is C27H44O9. The number of hydrogen-bond acceptors (Lipinski definition) is 9. The first-order valence-electron chi connectivity index (χ1n) is 13.2. The van der Waals surface area contributed by atoms with Crippen molar-refractivity contribution in [1.29, 1.82) is 0 Å². The van der Waals surface area contributed by atoms with Crippen molar-refractivity contribution < 1.29 is 45.6 Å². The molecule has 0 aromatic heterocycles. The van der Waals surface area contributed by atoms with Crippen LogP contribution in [0.3, 0.4) is 0 Å². The summed E-state index contributed by atoms with van der Waals surface area (Å²) in [4.78, 5) is 13.3. The fourth-order valence-corrected chi connectivity index (χ4v) is 8.31. The molecule has 0 aromatic carbocycles. The molecule has 3 fully saturated rings. The van der Waals surface area contributed by atoms with Gasteiger partial charge in [-0.15, -0.1) is 0 Å². The number of rotatable bonds is 5. The lowest BCUT2D eigenvalue weighted by Gasteiger charge is -2.61. The normalized spacial score (nSPS) is 48.2. The number of fused-ring (bicyclic) bond motifs is 5. The Morgan fingerprint density at radius 3 is 2.19 bits per heavy atom. The predicted molar refractivity (Wildman–Crippen MR) is 129 cm³/mol. The van der Waals surface area contributed by atoms with Gasteiger partial charge in [-0.2, -0.15) is 0 Å². The van der Waals surface area contributed by atoms with Gasteiger partial charge >= 0.3 is 0 Å². The average molecular weight is 513 g/mol. The van der Waals surface area contributed by atoms with E-state index in [9.17, 15) is 45.6 Å². The number of carbonyl (C=O) groups excluding carboxylic acids is 1. The molecule has 9 heteroatoms. The molecule has 0 bridgehead atoms. The minimum absolute atomic E-state index is 0.0383. The third-order valence-electron chi connectivity index (χ3n) is 10.9. The van der Waals surface area contributed by atoms with E-state index in [1.807, 2.05) is 6.92 Å². The van der Waals surface area contributed by atoms with Gasteiger partial charge in [-0.25, -0.2) is 0 Å². The number of allylic oxidation sites excluding steroid dienone is 1. The van der Waals surface area contributed by atoms with Gasteiger partial charge in [0.25, 0.3) is 0 Å². The first-order chi connectivity index (χ1) is 16.3. The molecule has 4 aliphatic rings. The van der Waals surface area contributed by atoms with Crippen LogP contribution in [0.1, 0.15) is 73.1 Å². The summed E-state index contributed by atoms with van der Waals surface area (Å²) in [5.74, 6) is -1.96. The fourth-order valence-electron chi connectivity index (χ4n) is 8.31. The van der Waals surface area contributed by atoms with Gasteiger partial charge in [0.2, 0.25) is 0 Å². The van der Waals surface area contributed by atoms with Crippen molar-refractivity contribution in [3.05, 3.63) is 11.6 Å². The predicted octanol–water partition coefficient (Wildman–Crippen LogP) is -0.204. The van der Waals surface area contributed by atoms with Gasteiger partial charge in [0, 0.05) is 23.2 Å². The van der Waals surface area contributed by atoms with Gasteiger partial charge < -0.3 is 40.9 Å². The minimum Gasteiger partial charge on any atom is -0.390 e. The zero-order chi connectivity index (χ0) is 27.2. The Bertz CT molecular complexity index is 925. The highest BCUT2D eigenvalue weighted by Crippen LogP contribution is 2.68. The van der Waals surface area contributed by atoms with Crippen molar-refractivity contribution in [2.45, 2.75) is 120 Å². The number of hydrogen-bond donors (Lipinski definition) is 8. The molecule has 0 heterocycles. The fraction of sp³-hybridized carbons (Fsp3) is 0.889. The third-order valence-corrected chi connectivity index (χ3v) is 10.9. The highest BCUT2D eigenvalue weighted by atomic mass is 16.4. The summed E-state index contributed by atoms with van der Waals surface area (Å²) in [5.41, 5.74) is -6.13. The zero-order valence-corrected chi connectivity index (χ0v) is 21.9. The molecule has 0 amide bonds. The smallest absolute Gasteiger partial charge is 0.159 e. The second kappa shape index (κ2) is 8.55. The summed E-state index contributed by atoms with van der Waals surface area (Å²) in [6.45, 7) is 7.94. The van der Waals surface area contributed by atoms with Crippen molar-refractivity contribution in [1.82, 2.24) is 0 Å². The number of aliphatic hydroxyl groups excluding tert-OH is 5. The monoisotopic (exact) mass is 512 g/mol. The van der Waals surface area contributed by atoms with E-state index in [1.54, 1.807) is 6.92 Å². The highest BCUT2D eigenvalue weighted by Gasteiger charge is 2.70. The molecule has 4 rings (SSSR count). The molecular weight excluding hydrogens is 468 g/mol. The van der Waals surface area contributed by atoms with Gasteiger partial charge in [-0.3, -0.25) is 4.79 Å². The lowest BCUT2D eigenvalue weighted by Crippen LogP contribution is -2.67. The Kier molecular flexibility index (Phi) is 6.67. The van der Waals surface area contributed by atoms with E-state index < -0.39 is 75.9 Å². The molecule has 36 heavy (non-hydrogen) atoms. The van der Waals surface area contributed by atoms with E-state index in [2.05, 4.69) is 0 Å².